The summed E-state index contributed by atoms with van der Waals surface area (Å²) in [4.78, 5) is 2.59. The lowest BCUT2D eigenvalue weighted by Gasteiger charge is -2.37. The van der Waals surface area contributed by atoms with E-state index in [-0.39, 0.29) is 0 Å². The van der Waals surface area contributed by atoms with E-state index in [1.54, 1.807) is 0 Å². The van der Waals surface area contributed by atoms with Gasteiger partial charge >= 0.3 is 0 Å². The largest absolute Gasteiger partial charge is 0.309 e. The molecule has 1 heterocycles. The Morgan fingerprint density at radius 1 is 0.909 bits per heavy atom. The highest BCUT2D eigenvalue weighted by atomic mass is 15.2. The monoisotopic (exact) mass is 294 g/mol. The molecule has 1 fully saturated rings. The Labute approximate surface area is 134 Å². The molecule has 2 heteroatoms. The number of nitrogens with zero attached hydrogens (tertiary/aromatic N) is 1. The zero-order valence-electron chi connectivity index (χ0n) is 13.4. The van der Waals surface area contributed by atoms with Gasteiger partial charge in [-0.15, -0.1) is 0 Å². The summed E-state index contributed by atoms with van der Waals surface area (Å²) < 4.78 is 0. The molecule has 0 radical (unpaired) electrons. The van der Waals surface area contributed by atoms with Crippen LogP contribution in [0.15, 0.2) is 60.7 Å². The van der Waals surface area contributed by atoms with Crippen molar-refractivity contribution in [1.82, 2.24) is 10.2 Å². The third-order valence-electron chi connectivity index (χ3n) is 4.42. The van der Waals surface area contributed by atoms with E-state index in [0.29, 0.717) is 6.04 Å². The summed E-state index contributed by atoms with van der Waals surface area (Å²) in [7, 11) is 0. The van der Waals surface area contributed by atoms with Crippen LogP contribution in [0.25, 0.3) is 0 Å². The lowest BCUT2D eigenvalue weighted by molar-refractivity contribution is 0.142. The molecule has 2 unspecified atom stereocenters. The number of piperidine rings is 1. The first kappa shape index (κ1) is 15.3. The van der Waals surface area contributed by atoms with Crippen LogP contribution in [0.3, 0.4) is 0 Å². The molecule has 0 aliphatic carbocycles. The predicted molar refractivity (Wildman–Crippen MR) is 92.6 cm³/mol. The zero-order valence-corrected chi connectivity index (χ0v) is 13.4. The van der Waals surface area contributed by atoms with E-state index < -0.39 is 0 Å². The summed E-state index contributed by atoms with van der Waals surface area (Å²) in [6, 6.07) is 22.1. The van der Waals surface area contributed by atoms with E-state index in [4.69, 9.17) is 0 Å². The first-order valence-corrected chi connectivity index (χ1v) is 8.33. The molecule has 3 rings (SSSR count). The molecule has 0 spiro atoms. The highest BCUT2D eigenvalue weighted by Gasteiger charge is 2.24. The summed E-state index contributed by atoms with van der Waals surface area (Å²) in [5.74, 6) is 0.755. The summed E-state index contributed by atoms with van der Waals surface area (Å²) in [5.41, 5.74) is 2.79. The minimum Gasteiger partial charge on any atom is -0.309 e. The summed E-state index contributed by atoms with van der Waals surface area (Å²) >= 11 is 0. The molecule has 116 valence electrons. The maximum absolute atomic E-state index is 3.74. The van der Waals surface area contributed by atoms with Gasteiger partial charge in [-0.1, -0.05) is 67.6 Å². The minimum absolute atomic E-state index is 0.590. The van der Waals surface area contributed by atoms with Crippen molar-refractivity contribution in [1.29, 1.82) is 0 Å². The van der Waals surface area contributed by atoms with Gasteiger partial charge in [0.1, 0.15) is 0 Å². The third-order valence-corrected chi connectivity index (χ3v) is 4.42. The van der Waals surface area contributed by atoms with E-state index in [0.717, 1.165) is 25.6 Å². The van der Waals surface area contributed by atoms with Crippen LogP contribution in [0.1, 0.15) is 24.5 Å². The van der Waals surface area contributed by atoms with Gasteiger partial charge < -0.3 is 5.32 Å². The SMILES string of the molecule is CC1CC(NCc2ccccc2)CN(Cc2ccccc2)C1. The number of rotatable bonds is 5. The number of likely N-dealkylation sites (tertiary alicyclic amines) is 1. The molecule has 0 saturated carbocycles. The molecule has 1 N–H and O–H groups in total. The average Bonchev–Trinajstić information content (AvgIpc) is 2.54. The normalized spacial score (nSPS) is 22.6. The van der Waals surface area contributed by atoms with Crippen molar-refractivity contribution in [3.63, 3.8) is 0 Å². The Hall–Kier alpha value is -1.64. The third kappa shape index (κ3) is 4.43. The molecule has 2 nitrogen and oxygen atoms in total. The lowest BCUT2D eigenvalue weighted by atomic mass is 9.95. The Balaban J connectivity index is 1.54. The Morgan fingerprint density at radius 3 is 2.23 bits per heavy atom. The maximum atomic E-state index is 3.74. The number of hydrogen-bond donors (Lipinski definition) is 1. The fourth-order valence-electron chi connectivity index (χ4n) is 3.44. The Bertz CT molecular complexity index is 552. The molecular formula is C20H26N2. The molecule has 1 saturated heterocycles. The molecule has 0 aromatic heterocycles. The van der Waals surface area contributed by atoms with Crippen molar-refractivity contribution in [3.8, 4) is 0 Å². The Kier molecular flexibility index (Phi) is 5.25. The number of nitrogens with one attached hydrogen (secondary N) is 1. The summed E-state index contributed by atoms with van der Waals surface area (Å²) in [5, 5.41) is 3.74. The van der Waals surface area contributed by atoms with Gasteiger partial charge in [0, 0.05) is 32.2 Å². The highest BCUT2D eigenvalue weighted by Crippen LogP contribution is 2.19. The van der Waals surface area contributed by atoms with E-state index in [1.807, 2.05) is 0 Å². The van der Waals surface area contributed by atoms with Crippen LogP contribution >= 0.6 is 0 Å². The van der Waals surface area contributed by atoms with Crippen LogP contribution in [-0.2, 0) is 13.1 Å². The van der Waals surface area contributed by atoms with Gasteiger partial charge in [-0.3, -0.25) is 4.90 Å². The topological polar surface area (TPSA) is 15.3 Å². The van der Waals surface area contributed by atoms with Crippen LogP contribution in [0.4, 0.5) is 0 Å². The molecule has 2 aromatic carbocycles. The van der Waals surface area contributed by atoms with Gasteiger partial charge in [0.15, 0.2) is 0 Å². The van der Waals surface area contributed by atoms with Crippen LogP contribution in [-0.4, -0.2) is 24.0 Å². The fraction of sp³-hybridized carbons (Fsp3) is 0.400. The van der Waals surface area contributed by atoms with Crippen molar-refractivity contribution in [2.75, 3.05) is 13.1 Å². The lowest BCUT2D eigenvalue weighted by Crippen LogP contribution is -2.48. The van der Waals surface area contributed by atoms with Crippen molar-refractivity contribution in [3.05, 3.63) is 71.8 Å². The van der Waals surface area contributed by atoms with Crippen molar-refractivity contribution in [2.24, 2.45) is 5.92 Å². The minimum atomic E-state index is 0.590. The number of hydrogen-bond acceptors (Lipinski definition) is 2. The second kappa shape index (κ2) is 7.57. The van der Waals surface area contributed by atoms with Gasteiger partial charge in [-0.25, -0.2) is 0 Å². The molecule has 2 atom stereocenters. The fourth-order valence-corrected chi connectivity index (χ4v) is 3.44. The second-order valence-corrected chi connectivity index (χ2v) is 6.58. The first-order chi connectivity index (χ1) is 10.8. The molecule has 0 amide bonds. The van der Waals surface area contributed by atoms with E-state index in [9.17, 15) is 0 Å². The molecule has 2 aromatic rings. The van der Waals surface area contributed by atoms with E-state index in [2.05, 4.69) is 77.8 Å². The van der Waals surface area contributed by atoms with Crippen molar-refractivity contribution in [2.45, 2.75) is 32.5 Å². The smallest absolute Gasteiger partial charge is 0.0234 e. The molecule has 22 heavy (non-hydrogen) atoms. The number of benzene rings is 2. The quantitative estimate of drug-likeness (QED) is 0.905. The molecule has 1 aliphatic rings. The first-order valence-electron chi connectivity index (χ1n) is 8.33. The van der Waals surface area contributed by atoms with Gasteiger partial charge in [0.2, 0.25) is 0 Å². The van der Waals surface area contributed by atoms with Gasteiger partial charge in [-0.05, 0) is 23.5 Å². The molecular weight excluding hydrogens is 268 g/mol. The standard InChI is InChI=1S/C20H26N2/c1-17-12-20(21-13-18-8-4-2-5-9-18)16-22(14-17)15-19-10-6-3-7-11-19/h2-11,17,20-21H,12-16H2,1H3. The summed E-state index contributed by atoms with van der Waals surface area (Å²) in [6.07, 6.45) is 1.28. The molecule has 0 bridgehead atoms. The van der Waals surface area contributed by atoms with Crippen LogP contribution in [0.5, 0.6) is 0 Å². The highest BCUT2D eigenvalue weighted by molar-refractivity contribution is 5.15. The van der Waals surface area contributed by atoms with E-state index in [1.165, 1.54) is 24.1 Å². The second-order valence-electron chi connectivity index (χ2n) is 6.58. The summed E-state index contributed by atoms with van der Waals surface area (Å²) in [6.45, 7) is 6.75. The van der Waals surface area contributed by atoms with E-state index >= 15 is 0 Å². The predicted octanol–water partition coefficient (Wildman–Crippen LogP) is 3.69. The molecule has 1 aliphatic heterocycles. The van der Waals surface area contributed by atoms with Crippen molar-refractivity contribution < 1.29 is 0 Å². The van der Waals surface area contributed by atoms with Crippen molar-refractivity contribution >= 4 is 0 Å². The zero-order chi connectivity index (χ0) is 15.2. The van der Waals surface area contributed by atoms with Gasteiger partial charge in [0.05, 0.1) is 0 Å². The maximum Gasteiger partial charge on any atom is 0.0234 e. The van der Waals surface area contributed by atoms with Gasteiger partial charge in [-0.2, -0.15) is 0 Å². The van der Waals surface area contributed by atoms with Crippen LogP contribution in [0, 0.1) is 5.92 Å². The Morgan fingerprint density at radius 2 is 1.55 bits per heavy atom. The van der Waals surface area contributed by atoms with Crippen LogP contribution < -0.4 is 5.32 Å². The van der Waals surface area contributed by atoms with Gasteiger partial charge in [0.25, 0.3) is 0 Å². The van der Waals surface area contributed by atoms with Crippen LogP contribution in [0.2, 0.25) is 0 Å². The average molecular weight is 294 g/mol.